The van der Waals surface area contributed by atoms with E-state index in [1.165, 1.54) is 32.2 Å². The van der Waals surface area contributed by atoms with E-state index in [0.29, 0.717) is 11.5 Å². The molecule has 0 N–H and O–H groups in total. The minimum absolute atomic E-state index is 0.436. The number of nitrogens with zero attached hydrogens (tertiary/aromatic N) is 1. The van der Waals surface area contributed by atoms with Crippen molar-refractivity contribution >= 4 is 12.6 Å². The maximum Gasteiger partial charge on any atom is 0.00454 e. The lowest BCUT2D eigenvalue weighted by Crippen LogP contribution is -2.40. The molecule has 0 aromatic rings. The first-order valence-corrected chi connectivity index (χ1v) is 6.95. The predicted octanol–water partition coefficient (Wildman–Crippen LogP) is 3.84. The van der Waals surface area contributed by atoms with Crippen molar-refractivity contribution < 1.29 is 0 Å². The van der Waals surface area contributed by atoms with Gasteiger partial charge in [0.05, 0.1) is 0 Å². The van der Waals surface area contributed by atoms with Crippen molar-refractivity contribution in [2.75, 3.05) is 19.3 Å². The molecule has 1 nitrogen and oxygen atoms in total. The van der Waals surface area contributed by atoms with Crippen LogP contribution in [0.3, 0.4) is 0 Å². The summed E-state index contributed by atoms with van der Waals surface area (Å²) < 4.78 is 0. The van der Waals surface area contributed by atoms with Crippen LogP contribution in [0.5, 0.6) is 0 Å². The Kier molecular flexibility index (Phi) is 7.72. The molecular weight excluding hydrogens is 202 g/mol. The van der Waals surface area contributed by atoms with Crippen LogP contribution in [0.2, 0.25) is 0 Å². The van der Waals surface area contributed by atoms with Crippen LogP contribution in [0.1, 0.15) is 53.4 Å². The van der Waals surface area contributed by atoms with E-state index in [1.54, 1.807) is 0 Å². The van der Waals surface area contributed by atoms with Crippen LogP contribution in [0.15, 0.2) is 0 Å². The Morgan fingerprint density at radius 2 is 1.60 bits per heavy atom. The second-order valence-electron chi connectivity index (χ2n) is 5.17. The summed E-state index contributed by atoms with van der Waals surface area (Å²) in [6.45, 7) is 10.3. The van der Waals surface area contributed by atoms with Gasteiger partial charge in [-0.1, -0.05) is 26.7 Å². The lowest BCUT2D eigenvalue weighted by molar-refractivity contribution is 0.145. The second-order valence-corrected chi connectivity index (χ2v) is 5.48. The van der Waals surface area contributed by atoms with Gasteiger partial charge in [-0.25, -0.2) is 0 Å². The Balaban J connectivity index is 4.44. The summed E-state index contributed by atoms with van der Waals surface area (Å²) in [5, 5.41) is 0. The number of rotatable bonds is 8. The lowest BCUT2D eigenvalue weighted by atomic mass is 9.80. The van der Waals surface area contributed by atoms with Crippen molar-refractivity contribution in [2.24, 2.45) is 5.41 Å². The summed E-state index contributed by atoms with van der Waals surface area (Å²) >= 11 is 4.59. The molecule has 92 valence electrons. The molecule has 0 atom stereocenters. The Morgan fingerprint density at radius 1 is 1.13 bits per heavy atom. The van der Waals surface area contributed by atoms with Crippen molar-refractivity contribution in [3.63, 3.8) is 0 Å². The molecule has 0 aliphatic rings. The van der Waals surface area contributed by atoms with Crippen molar-refractivity contribution in [3.05, 3.63) is 0 Å². The lowest BCUT2D eigenvalue weighted by Gasteiger charge is -2.37. The minimum atomic E-state index is 0.436. The van der Waals surface area contributed by atoms with Crippen molar-refractivity contribution in [2.45, 2.75) is 59.4 Å². The van der Waals surface area contributed by atoms with Gasteiger partial charge in [0.1, 0.15) is 0 Å². The summed E-state index contributed by atoms with van der Waals surface area (Å²) in [5.41, 5.74) is 0.436. The third-order valence-corrected chi connectivity index (χ3v) is 4.03. The Morgan fingerprint density at radius 3 is 1.87 bits per heavy atom. The molecule has 0 rings (SSSR count). The molecule has 0 bridgehead atoms. The number of hydrogen-bond donors (Lipinski definition) is 1. The average Bonchev–Trinajstić information content (AvgIpc) is 2.18. The molecule has 0 fully saturated rings. The Hall–Kier alpha value is 0.310. The maximum absolute atomic E-state index is 4.59. The molecule has 0 radical (unpaired) electrons. The van der Waals surface area contributed by atoms with E-state index in [-0.39, 0.29) is 0 Å². The molecule has 0 heterocycles. The smallest absolute Gasteiger partial charge is 0.00454 e. The summed E-state index contributed by atoms with van der Waals surface area (Å²) in [4.78, 5) is 2.46. The van der Waals surface area contributed by atoms with Crippen molar-refractivity contribution in [1.82, 2.24) is 4.90 Å². The highest BCUT2D eigenvalue weighted by atomic mass is 32.1. The second kappa shape index (κ2) is 7.56. The van der Waals surface area contributed by atoms with Gasteiger partial charge in [-0.2, -0.15) is 12.6 Å². The zero-order valence-electron chi connectivity index (χ0n) is 11.2. The molecule has 0 aliphatic heterocycles. The molecule has 0 aromatic carbocycles. The summed E-state index contributed by atoms with van der Waals surface area (Å²) in [5.74, 6) is 1.02. The Labute approximate surface area is 102 Å². The van der Waals surface area contributed by atoms with E-state index in [2.05, 4.69) is 52.3 Å². The molecule has 0 saturated carbocycles. The summed E-state index contributed by atoms with van der Waals surface area (Å²) in [6, 6.07) is 0.637. The van der Waals surface area contributed by atoms with E-state index in [0.717, 1.165) is 5.75 Å². The highest BCUT2D eigenvalue weighted by molar-refractivity contribution is 7.80. The third-order valence-electron chi connectivity index (χ3n) is 3.36. The van der Waals surface area contributed by atoms with Crippen LogP contribution < -0.4 is 0 Å². The van der Waals surface area contributed by atoms with Gasteiger partial charge in [0, 0.05) is 12.6 Å². The SMILES string of the molecule is CCCC(CS)(CCC)CN(C)C(C)C. The number of hydrogen-bond acceptors (Lipinski definition) is 2. The van der Waals surface area contributed by atoms with Gasteiger partial charge >= 0.3 is 0 Å². The van der Waals surface area contributed by atoms with E-state index in [1.807, 2.05) is 0 Å². The van der Waals surface area contributed by atoms with Crippen LogP contribution in [-0.4, -0.2) is 30.3 Å². The standard InChI is InChI=1S/C13H29NS/c1-6-8-13(11-15,9-7-2)10-14(5)12(3)4/h12,15H,6-11H2,1-5H3. The quantitative estimate of drug-likeness (QED) is 0.621. The normalized spacial score (nSPS) is 12.8. The predicted molar refractivity (Wildman–Crippen MR) is 73.9 cm³/mol. The fourth-order valence-electron chi connectivity index (χ4n) is 2.26. The highest BCUT2D eigenvalue weighted by Crippen LogP contribution is 2.32. The van der Waals surface area contributed by atoms with Crippen LogP contribution in [0.4, 0.5) is 0 Å². The molecule has 0 saturated heterocycles. The molecule has 0 unspecified atom stereocenters. The monoisotopic (exact) mass is 231 g/mol. The topological polar surface area (TPSA) is 3.24 Å². The number of thiol groups is 1. The zero-order valence-corrected chi connectivity index (χ0v) is 12.1. The van der Waals surface area contributed by atoms with E-state index in [9.17, 15) is 0 Å². The first-order chi connectivity index (χ1) is 7.01. The van der Waals surface area contributed by atoms with Crippen LogP contribution >= 0.6 is 12.6 Å². The van der Waals surface area contributed by atoms with Gasteiger partial charge in [-0.15, -0.1) is 0 Å². The third kappa shape index (κ3) is 5.26. The van der Waals surface area contributed by atoms with Gasteiger partial charge in [0.2, 0.25) is 0 Å². The van der Waals surface area contributed by atoms with Crippen LogP contribution in [0.25, 0.3) is 0 Å². The molecule has 0 amide bonds. The first kappa shape index (κ1) is 15.3. The van der Waals surface area contributed by atoms with Gasteiger partial charge in [0.25, 0.3) is 0 Å². The van der Waals surface area contributed by atoms with Crippen LogP contribution in [0, 0.1) is 5.41 Å². The van der Waals surface area contributed by atoms with Crippen LogP contribution in [-0.2, 0) is 0 Å². The van der Waals surface area contributed by atoms with E-state index in [4.69, 9.17) is 0 Å². The first-order valence-electron chi connectivity index (χ1n) is 6.32. The van der Waals surface area contributed by atoms with E-state index < -0.39 is 0 Å². The van der Waals surface area contributed by atoms with Gasteiger partial charge < -0.3 is 4.90 Å². The molecular formula is C13H29NS. The average molecular weight is 231 g/mol. The summed E-state index contributed by atoms with van der Waals surface area (Å²) in [7, 11) is 2.23. The van der Waals surface area contributed by atoms with Crippen molar-refractivity contribution in [3.8, 4) is 0 Å². The molecule has 0 aromatic heterocycles. The van der Waals surface area contributed by atoms with Gasteiger partial charge in [-0.05, 0) is 44.9 Å². The largest absolute Gasteiger partial charge is 0.303 e. The van der Waals surface area contributed by atoms with E-state index >= 15 is 0 Å². The van der Waals surface area contributed by atoms with Gasteiger partial charge in [0.15, 0.2) is 0 Å². The zero-order chi connectivity index (χ0) is 11.9. The fourth-order valence-corrected chi connectivity index (χ4v) is 2.68. The molecule has 15 heavy (non-hydrogen) atoms. The fraction of sp³-hybridized carbons (Fsp3) is 1.00. The molecule has 0 aliphatic carbocycles. The molecule has 0 spiro atoms. The summed E-state index contributed by atoms with van der Waals surface area (Å²) in [6.07, 6.45) is 5.15. The molecule has 2 heteroatoms. The maximum atomic E-state index is 4.59. The van der Waals surface area contributed by atoms with Crippen molar-refractivity contribution in [1.29, 1.82) is 0 Å². The van der Waals surface area contributed by atoms with Gasteiger partial charge in [-0.3, -0.25) is 0 Å². The minimum Gasteiger partial charge on any atom is -0.303 e. The Bertz CT molecular complexity index is 151. The highest BCUT2D eigenvalue weighted by Gasteiger charge is 2.28.